The zero-order valence-corrected chi connectivity index (χ0v) is 11.8. The second-order valence-corrected chi connectivity index (χ2v) is 4.98. The third-order valence-corrected chi connectivity index (χ3v) is 3.64. The van der Waals surface area contributed by atoms with E-state index in [4.69, 9.17) is 0 Å². The molecule has 2 heterocycles. The third kappa shape index (κ3) is 3.08. The Morgan fingerprint density at radius 2 is 2.26 bits per heavy atom. The van der Waals surface area contributed by atoms with E-state index in [2.05, 4.69) is 20.0 Å². The number of carbonyl (C=O) groups excluding carboxylic acids is 1. The Morgan fingerprint density at radius 1 is 1.47 bits per heavy atom. The lowest BCUT2D eigenvalue weighted by atomic mass is 10.2. The molecule has 100 valence electrons. The molecule has 1 unspecified atom stereocenters. The number of hydrogen-bond acceptors (Lipinski definition) is 6. The number of ether oxygens (including phenoxy) is 1. The van der Waals surface area contributed by atoms with Crippen LogP contribution in [0.15, 0.2) is 23.7 Å². The Kier molecular flexibility index (Phi) is 4.11. The van der Waals surface area contributed by atoms with Crippen molar-refractivity contribution in [1.82, 2.24) is 9.97 Å². The lowest BCUT2D eigenvalue weighted by Crippen LogP contribution is -2.10. The number of anilines is 1. The maximum absolute atomic E-state index is 11.5. The molecule has 0 saturated heterocycles. The summed E-state index contributed by atoms with van der Waals surface area (Å²) < 4.78 is 4.69. The zero-order chi connectivity index (χ0) is 13.8. The van der Waals surface area contributed by atoms with Gasteiger partial charge in [0.25, 0.3) is 0 Å². The van der Waals surface area contributed by atoms with Gasteiger partial charge in [0.15, 0.2) is 0 Å². The van der Waals surface area contributed by atoms with Gasteiger partial charge in [0.1, 0.15) is 10.8 Å². The van der Waals surface area contributed by atoms with E-state index >= 15 is 0 Å². The molecule has 0 spiro atoms. The van der Waals surface area contributed by atoms with Gasteiger partial charge in [0, 0.05) is 11.6 Å². The summed E-state index contributed by atoms with van der Waals surface area (Å²) in [5, 5.41) is 6.19. The Bertz CT molecular complexity index is 569. The van der Waals surface area contributed by atoms with E-state index in [0.717, 1.165) is 5.01 Å². The molecule has 1 N–H and O–H groups in total. The number of aromatic nitrogens is 2. The molecule has 0 aliphatic rings. The predicted molar refractivity (Wildman–Crippen MR) is 74.5 cm³/mol. The smallest absolute Gasteiger partial charge is 0.339 e. The number of hydrogen-bond donors (Lipinski definition) is 1. The number of rotatable bonds is 4. The van der Waals surface area contributed by atoms with Crippen molar-refractivity contribution in [3.05, 3.63) is 40.0 Å². The van der Waals surface area contributed by atoms with E-state index in [0.29, 0.717) is 17.1 Å². The van der Waals surface area contributed by atoms with E-state index in [1.165, 1.54) is 7.11 Å². The van der Waals surface area contributed by atoms with E-state index < -0.39 is 0 Å². The van der Waals surface area contributed by atoms with Gasteiger partial charge in [0.2, 0.25) is 0 Å². The molecule has 5 nitrogen and oxygen atoms in total. The van der Waals surface area contributed by atoms with Crippen LogP contribution in [0.5, 0.6) is 0 Å². The van der Waals surface area contributed by atoms with Crippen LogP contribution in [-0.2, 0) is 4.74 Å². The highest BCUT2D eigenvalue weighted by atomic mass is 32.1. The summed E-state index contributed by atoms with van der Waals surface area (Å²) in [4.78, 5) is 20.1. The lowest BCUT2D eigenvalue weighted by Gasteiger charge is -2.13. The van der Waals surface area contributed by atoms with Crippen LogP contribution in [-0.4, -0.2) is 23.0 Å². The molecule has 19 heavy (non-hydrogen) atoms. The van der Waals surface area contributed by atoms with E-state index in [-0.39, 0.29) is 12.0 Å². The van der Waals surface area contributed by atoms with Crippen molar-refractivity contribution in [2.24, 2.45) is 0 Å². The first-order chi connectivity index (χ1) is 9.11. The van der Waals surface area contributed by atoms with Crippen LogP contribution in [0.3, 0.4) is 0 Å². The second kappa shape index (κ2) is 5.79. The van der Waals surface area contributed by atoms with Crippen molar-refractivity contribution in [1.29, 1.82) is 0 Å². The highest BCUT2D eigenvalue weighted by molar-refractivity contribution is 7.09. The van der Waals surface area contributed by atoms with Gasteiger partial charge in [-0.25, -0.2) is 14.8 Å². The fourth-order valence-corrected chi connectivity index (χ4v) is 2.34. The number of carbonyl (C=O) groups is 1. The summed E-state index contributed by atoms with van der Waals surface area (Å²) >= 11 is 1.59. The molecule has 6 heteroatoms. The summed E-state index contributed by atoms with van der Waals surface area (Å²) in [6.07, 6.45) is 1.78. The number of nitrogens with zero attached hydrogens (tertiary/aromatic N) is 2. The molecule has 1 atom stereocenters. The summed E-state index contributed by atoms with van der Waals surface area (Å²) in [5.41, 5.74) is 1.12. The molecular formula is C13H15N3O2S. The van der Waals surface area contributed by atoms with Gasteiger partial charge in [-0.1, -0.05) is 0 Å². The predicted octanol–water partition coefficient (Wildman–Crippen LogP) is 2.81. The first kappa shape index (κ1) is 13.5. The lowest BCUT2D eigenvalue weighted by molar-refractivity contribution is 0.0599. The molecule has 2 aromatic rings. The molecular weight excluding hydrogens is 262 g/mol. The average molecular weight is 277 g/mol. The second-order valence-electron chi connectivity index (χ2n) is 4.06. The fraction of sp³-hybridized carbons (Fsp3) is 0.308. The van der Waals surface area contributed by atoms with Crippen LogP contribution in [0.25, 0.3) is 0 Å². The molecule has 0 bridgehead atoms. The molecule has 2 aromatic heterocycles. The maximum atomic E-state index is 11.5. The summed E-state index contributed by atoms with van der Waals surface area (Å²) in [6, 6.07) is 3.56. The highest BCUT2D eigenvalue weighted by Gasteiger charge is 2.13. The number of methoxy groups -OCH3 is 1. The molecule has 0 aromatic carbocycles. The van der Waals surface area contributed by atoms with Gasteiger partial charge in [-0.15, -0.1) is 11.3 Å². The normalized spacial score (nSPS) is 11.9. The third-order valence-electron chi connectivity index (χ3n) is 2.68. The summed E-state index contributed by atoms with van der Waals surface area (Å²) in [7, 11) is 1.36. The Labute approximate surface area is 115 Å². The summed E-state index contributed by atoms with van der Waals surface area (Å²) in [5.74, 6) is 0.345. The average Bonchev–Trinajstić information content (AvgIpc) is 2.92. The number of pyridine rings is 1. The molecule has 0 aliphatic heterocycles. The topological polar surface area (TPSA) is 64.1 Å². The molecule has 0 fully saturated rings. The largest absolute Gasteiger partial charge is 0.465 e. The quantitative estimate of drug-likeness (QED) is 0.871. The van der Waals surface area contributed by atoms with Crippen molar-refractivity contribution in [2.45, 2.75) is 19.9 Å². The van der Waals surface area contributed by atoms with E-state index in [9.17, 15) is 4.79 Å². The minimum Gasteiger partial charge on any atom is -0.465 e. The van der Waals surface area contributed by atoms with Crippen molar-refractivity contribution < 1.29 is 9.53 Å². The number of esters is 1. The van der Waals surface area contributed by atoms with Crippen molar-refractivity contribution in [2.75, 3.05) is 12.4 Å². The molecule has 0 radical (unpaired) electrons. The van der Waals surface area contributed by atoms with Gasteiger partial charge in [-0.05, 0) is 26.0 Å². The van der Waals surface area contributed by atoms with Gasteiger partial charge >= 0.3 is 5.97 Å². The molecule has 0 saturated carbocycles. The fourth-order valence-electron chi connectivity index (χ4n) is 1.70. The monoisotopic (exact) mass is 277 g/mol. The number of nitrogens with one attached hydrogen (secondary N) is 1. The minimum absolute atomic E-state index is 0.0795. The van der Waals surface area contributed by atoms with Crippen molar-refractivity contribution in [3.8, 4) is 0 Å². The van der Waals surface area contributed by atoms with Gasteiger partial charge in [0.05, 0.1) is 24.4 Å². The van der Waals surface area contributed by atoms with Gasteiger partial charge < -0.3 is 10.1 Å². The Morgan fingerprint density at radius 3 is 2.84 bits per heavy atom. The first-order valence-corrected chi connectivity index (χ1v) is 6.71. The highest BCUT2D eigenvalue weighted by Crippen LogP contribution is 2.20. The van der Waals surface area contributed by atoms with E-state index in [1.807, 2.05) is 12.3 Å². The van der Waals surface area contributed by atoms with Crippen molar-refractivity contribution >= 4 is 23.1 Å². The van der Waals surface area contributed by atoms with Crippen LogP contribution in [0.2, 0.25) is 0 Å². The minimum atomic E-state index is -0.371. The van der Waals surface area contributed by atoms with Crippen LogP contribution >= 0.6 is 11.3 Å². The van der Waals surface area contributed by atoms with Crippen LogP contribution in [0.4, 0.5) is 5.82 Å². The first-order valence-electron chi connectivity index (χ1n) is 5.83. The standard InChI is InChI=1S/C13H15N3O2S/c1-8-10(13(17)18-3)4-5-11(15-8)16-9(2)12-14-6-7-19-12/h4-7,9H,1-3H3,(H,15,16). The SMILES string of the molecule is COC(=O)c1ccc(NC(C)c2nccs2)nc1C. The molecule has 0 aliphatic carbocycles. The van der Waals surface area contributed by atoms with Crippen LogP contribution < -0.4 is 5.32 Å². The van der Waals surface area contributed by atoms with Gasteiger partial charge in [-0.2, -0.15) is 0 Å². The van der Waals surface area contributed by atoms with E-state index in [1.54, 1.807) is 36.6 Å². The number of aryl methyl sites for hydroxylation is 1. The van der Waals surface area contributed by atoms with Crippen LogP contribution in [0, 0.1) is 6.92 Å². The zero-order valence-electron chi connectivity index (χ0n) is 11.0. The van der Waals surface area contributed by atoms with Crippen LogP contribution in [0.1, 0.15) is 34.0 Å². The summed E-state index contributed by atoms with van der Waals surface area (Å²) in [6.45, 7) is 3.80. The Balaban J connectivity index is 2.14. The Hall–Kier alpha value is -1.95. The van der Waals surface area contributed by atoms with Gasteiger partial charge in [-0.3, -0.25) is 0 Å². The van der Waals surface area contributed by atoms with Crippen molar-refractivity contribution in [3.63, 3.8) is 0 Å². The molecule has 2 rings (SSSR count). The number of thiazole rings is 1. The molecule has 0 amide bonds. The maximum Gasteiger partial charge on any atom is 0.339 e.